The maximum Gasteiger partial charge on any atom is 0.435 e. The van der Waals surface area contributed by atoms with Gasteiger partial charge in [0.15, 0.2) is 6.54 Å². The number of aliphatic hydroxyl groups is 1. The number of amides is 1. The SMILES string of the molecule is CC(O)NC(=O)Cn1ccnc1[N+](=O)[O-]. The number of imidazole rings is 1. The highest BCUT2D eigenvalue weighted by Gasteiger charge is 2.17. The number of aromatic nitrogens is 2. The van der Waals surface area contributed by atoms with Crippen LogP contribution in [0, 0.1) is 10.1 Å². The van der Waals surface area contributed by atoms with Gasteiger partial charge in [0.05, 0.1) is 0 Å². The van der Waals surface area contributed by atoms with Crippen molar-refractivity contribution in [3.8, 4) is 0 Å². The highest BCUT2D eigenvalue weighted by atomic mass is 16.6. The van der Waals surface area contributed by atoms with Crippen molar-refractivity contribution >= 4 is 11.9 Å². The van der Waals surface area contributed by atoms with Crippen LogP contribution in [0.2, 0.25) is 0 Å². The van der Waals surface area contributed by atoms with Crippen molar-refractivity contribution < 1.29 is 14.8 Å². The number of nitrogens with one attached hydrogen (secondary N) is 1. The molecule has 0 aliphatic carbocycles. The molecule has 0 saturated heterocycles. The highest BCUT2D eigenvalue weighted by Crippen LogP contribution is 2.06. The van der Waals surface area contributed by atoms with Crippen molar-refractivity contribution in [2.24, 2.45) is 0 Å². The van der Waals surface area contributed by atoms with Crippen LogP contribution in [-0.4, -0.2) is 31.7 Å². The summed E-state index contributed by atoms with van der Waals surface area (Å²) < 4.78 is 1.08. The zero-order chi connectivity index (χ0) is 11.4. The fourth-order valence-corrected chi connectivity index (χ4v) is 1.03. The van der Waals surface area contributed by atoms with Gasteiger partial charge in [0.1, 0.15) is 18.6 Å². The van der Waals surface area contributed by atoms with Crippen molar-refractivity contribution in [2.75, 3.05) is 0 Å². The molecule has 0 saturated carbocycles. The van der Waals surface area contributed by atoms with Gasteiger partial charge in [-0.05, 0) is 11.8 Å². The average molecular weight is 214 g/mol. The summed E-state index contributed by atoms with van der Waals surface area (Å²) >= 11 is 0. The summed E-state index contributed by atoms with van der Waals surface area (Å²) in [5.74, 6) is -0.929. The van der Waals surface area contributed by atoms with E-state index in [2.05, 4.69) is 10.3 Å². The molecular weight excluding hydrogens is 204 g/mol. The Kier molecular flexibility index (Phi) is 3.34. The molecule has 1 amide bonds. The van der Waals surface area contributed by atoms with Crippen LogP contribution in [0.5, 0.6) is 0 Å². The van der Waals surface area contributed by atoms with Gasteiger partial charge in [-0.2, -0.15) is 0 Å². The van der Waals surface area contributed by atoms with E-state index < -0.39 is 23.0 Å². The van der Waals surface area contributed by atoms with Gasteiger partial charge in [-0.25, -0.2) is 4.57 Å². The Bertz CT molecular complexity index is 373. The summed E-state index contributed by atoms with van der Waals surface area (Å²) in [5, 5.41) is 21.5. The number of nitro groups is 1. The smallest absolute Gasteiger partial charge is 0.390 e. The molecule has 8 nitrogen and oxygen atoms in total. The first kappa shape index (κ1) is 11.1. The van der Waals surface area contributed by atoms with E-state index in [0.29, 0.717) is 0 Å². The summed E-state index contributed by atoms with van der Waals surface area (Å²) in [4.78, 5) is 24.4. The minimum atomic E-state index is -0.986. The second-order valence-corrected chi connectivity index (χ2v) is 2.86. The molecule has 0 spiro atoms. The first-order valence-electron chi connectivity index (χ1n) is 4.13. The molecule has 0 aliphatic rings. The van der Waals surface area contributed by atoms with E-state index in [1.165, 1.54) is 19.3 Å². The number of rotatable bonds is 4. The van der Waals surface area contributed by atoms with Gasteiger partial charge in [0.2, 0.25) is 0 Å². The summed E-state index contributed by atoms with van der Waals surface area (Å²) in [6.07, 6.45) is 1.56. The number of carbonyl (C=O) groups is 1. The van der Waals surface area contributed by atoms with Crippen LogP contribution in [0.25, 0.3) is 0 Å². The van der Waals surface area contributed by atoms with Gasteiger partial charge in [-0.1, -0.05) is 4.98 Å². The Hall–Kier alpha value is -1.96. The van der Waals surface area contributed by atoms with E-state index in [-0.39, 0.29) is 6.54 Å². The number of hydrogen-bond donors (Lipinski definition) is 2. The highest BCUT2D eigenvalue weighted by molar-refractivity contribution is 5.76. The molecule has 2 N–H and O–H groups in total. The zero-order valence-electron chi connectivity index (χ0n) is 7.95. The summed E-state index contributed by atoms with van der Waals surface area (Å²) in [5.41, 5.74) is 0. The first-order chi connectivity index (χ1) is 7.00. The van der Waals surface area contributed by atoms with Crippen molar-refractivity contribution in [2.45, 2.75) is 19.7 Å². The standard InChI is InChI=1S/C7H10N4O4/c1-5(12)9-6(13)4-10-3-2-8-7(10)11(14)15/h2-3,5,12H,4H2,1H3,(H,9,13). The van der Waals surface area contributed by atoms with Crippen LogP contribution in [0.3, 0.4) is 0 Å². The summed E-state index contributed by atoms with van der Waals surface area (Å²) in [6.45, 7) is 1.13. The number of nitrogens with zero attached hydrogens (tertiary/aromatic N) is 3. The van der Waals surface area contributed by atoms with Gasteiger partial charge in [0, 0.05) is 0 Å². The lowest BCUT2D eigenvalue weighted by molar-refractivity contribution is -0.396. The molecule has 1 heterocycles. The first-order valence-corrected chi connectivity index (χ1v) is 4.13. The Morgan fingerprint density at radius 3 is 3.07 bits per heavy atom. The number of hydrogen-bond acceptors (Lipinski definition) is 5. The normalized spacial score (nSPS) is 12.1. The molecular formula is C7H10N4O4. The van der Waals surface area contributed by atoms with Crippen LogP contribution in [0.1, 0.15) is 6.92 Å². The minimum Gasteiger partial charge on any atom is -0.390 e. The molecule has 8 heteroatoms. The second kappa shape index (κ2) is 4.51. The third-order valence-electron chi connectivity index (χ3n) is 1.54. The van der Waals surface area contributed by atoms with E-state index in [1.807, 2.05) is 0 Å². The van der Waals surface area contributed by atoms with E-state index in [4.69, 9.17) is 5.11 Å². The topological polar surface area (TPSA) is 110 Å². The van der Waals surface area contributed by atoms with Crippen LogP contribution in [0.4, 0.5) is 5.95 Å². The van der Waals surface area contributed by atoms with Crippen molar-refractivity contribution in [1.82, 2.24) is 14.9 Å². The quantitative estimate of drug-likeness (QED) is 0.389. The number of aliphatic hydroxyl groups excluding tert-OH is 1. The van der Waals surface area contributed by atoms with Gasteiger partial charge in [-0.15, -0.1) is 0 Å². The molecule has 1 rings (SSSR count). The van der Waals surface area contributed by atoms with Crippen LogP contribution in [-0.2, 0) is 11.3 Å². The Morgan fingerprint density at radius 1 is 1.87 bits per heavy atom. The molecule has 1 unspecified atom stereocenters. The number of carbonyl (C=O) groups excluding carboxylic acids is 1. The maximum atomic E-state index is 11.2. The minimum absolute atomic E-state index is 0.249. The van der Waals surface area contributed by atoms with E-state index in [1.54, 1.807) is 0 Å². The van der Waals surface area contributed by atoms with E-state index in [9.17, 15) is 14.9 Å². The molecule has 1 aromatic rings. The molecule has 0 bridgehead atoms. The van der Waals surface area contributed by atoms with Crippen molar-refractivity contribution in [1.29, 1.82) is 0 Å². The molecule has 1 atom stereocenters. The van der Waals surface area contributed by atoms with Crippen LogP contribution in [0.15, 0.2) is 12.4 Å². The average Bonchev–Trinajstić information content (AvgIpc) is 2.50. The predicted octanol–water partition coefficient (Wildman–Crippen LogP) is -0.754. The largest absolute Gasteiger partial charge is 0.435 e. The Balaban J connectivity index is 2.68. The molecule has 0 fully saturated rings. The maximum absolute atomic E-state index is 11.2. The second-order valence-electron chi connectivity index (χ2n) is 2.86. The molecule has 1 aromatic heterocycles. The van der Waals surface area contributed by atoms with E-state index >= 15 is 0 Å². The van der Waals surface area contributed by atoms with Crippen molar-refractivity contribution in [3.63, 3.8) is 0 Å². The zero-order valence-corrected chi connectivity index (χ0v) is 7.95. The summed E-state index contributed by atoms with van der Waals surface area (Å²) in [7, 11) is 0. The monoisotopic (exact) mass is 214 g/mol. The predicted molar refractivity (Wildman–Crippen MR) is 48.7 cm³/mol. The van der Waals surface area contributed by atoms with E-state index in [0.717, 1.165) is 4.57 Å². The van der Waals surface area contributed by atoms with Crippen LogP contribution < -0.4 is 5.32 Å². The Labute approximate surface area is 84.7 Å². The fraction of sp³-hybridized carbons (Fsp3) is 0.429. The third-order valence-corrected chi connectivity index (χ3v) is 1.54. The molecule has 0 radical (unpaired) electrons. The lowest BCUT2D eigenvalue weighted by Gasteiger charge is -2.06. The van der Waals surface area contributed by atoms with Gasteiger partial charge in [-0.3, -0.25) is 4.79 Å². The molecule has 0 aromatic carbocycles. The Morgan fingerprint density at radius 2 is 2.53 bits per heavy atom. The van der Waals surface area contributed by atoms with Gasteiger partial charge < -0.3 is 20.5 Å². The lowest BCUT2D eigenvalue weighted by Crippen LogP contribution is -2.34. The molecule has 0 aliphatic heterocycles. The van der Waals surface area contributed by atoms with Crippen molar-refractivity contribution in [3.05, 3.63) is 22.5 Å². The van der Waals surface area contributed by atoms with Gasteiger partial charge in [0.25, 0.3) is 5.91 Å². The summed E-state index contributed by atoms with van der Waals surface area (Å²) in [6, 6.07) is 0. The van der Waals surface area contributed by atoms with Gasteiger partial charge >= 0.3 is 5.95 Å². The molecule has 15 heavy (non-hydrogen) atoms. The van der Waals surface area contributed by atoms with Crippen LogP contribution >= 0.6 is 0 Å². The molecule has 82 valence electrons. The lowest BCUT2D eigenvalue weighted by atomic mass is 10.5. The fourth-order valence-electron chi connectivity index (χ4n) is 1.03. The third kappa shape index (κ3) is 3.02.